The van der Waals surface area contributed by atoms with Crippen LogP contribution in [0.4, 0.5) is 11.6 Å². The van der Waals surface area contributed by atoms with Crippen molar-refractivity contribution >= 4 is 67.0 Å². The molecule has 0 aliphatic carbocycles. The first-order chi connectivity index (χ1) is 31.8. The lowest BCUT2D eigenvalue weighted by Crippen LogP contribution is -2.31. The maximum atomic E-state index is 12.4. The van der Waals surface area contributed by atoms with E-state index in [0.29, 0.717) is 50.9 Å². The zero-order valence-electron chi connectivity index (χ0n) is 36.0. The van der Waals surface area contributed by atoms with Crippen LogP contribution in [0.15, 0.2) is 90.9 Å². The molecule has 0 amide bonds. The molecule has 26 heteroatoms. The number of ether oxygens (including phenoxy) is 5. The molecule has 0 aliphatic heterocycles. The lowest BCUT2D eigenvalue weighted by Gasteiger charge is -2.15. The van der Waals surface area contributed by atoms with Crippen molar-refractivity contribution in [1.29, 1.82) is 0 Å². The molecule has 0 spiro atoms. The van der Waals surface area contributed by atoms with Crippen LogP contribution in [0.1, 0.15) is 26.7 Å². The molecule has 6 rings (SSSR count). The summed E-state index contributed by atoms with van der Waals surface area (Å²) in [6.07, 6.45) is 11.9. The van der Waals surface area contributed by atoms with Crippen molar-refractivity contribution in [2.75, 3.05) is 62.3 Å². The lowest BCUT2D eigenvalue weighted by atomic mass is 10.1. The molecule has 6 aromatic rings. The van der Waals surface area contributed by atoms with Crippen LogP contribution in [0, 0.1) is 0 Å². The fourth-order valence-corrected chi connectivity index (χ4v) is 7.65. The van der Waals surface area contributed by atoms with Crippen molar-refractivity contribution in [2.24, 2.45) is 0 Å². The summed E-state index contributed by atoms with van der Waals surface area (Å²) in [4.78, 5) is 33.8. The summed E-state index contributed by atoms with van der Waals surface area (Å²) >= 11 is 13.5. The quantitative estimate of drug-likeness (QED) is 0.0392. The van der Waals surface area contributed by atoms with Gasteiger partial charge in [-0.05, 0) is 54.5 Å². The second-order valence-electron chi connectivity index (χ2n) is 13.0. The average molecular weight is 1010 g/mol. The maximum absolute atomic E-state index is 12.4. The largest absolute Gasteiger partial charge is 0.494 e. The second kappa shape index (κ2) is 25.7. The number of anilines is 2. The van der Waals surface area contributed by atoms with Crippen molar-refractivity contribution in [3.05, 3.63) is 96.0 Å². The molecule has 21 nitrogen and oxygen atoms in total. The second-order valence-corrected chi connectivity index (χ2v) is 17.8. The molecule has 4 N–H and O–H groups in total. The number of nitrogens with one attached hydrogen (secondary N) is 4. The van der Waals surface area contributed by atoms with Gasteiger partial charge in [0.15, 0.2) is 17.4 Å². The first kappa shape index (κ1) is 51.1. The summed E-state index contributed by atoms with van der Waals surface area (Å²) in [5.74, 6) is 0.992. The molecular formula is C40H46Cl2N12O9S3. The van der Waals surface area contributed by atoms with Gasteiger partial charge in [-0.1, -0.05) is 61.3 Å². The van der Waals surface area contributed by atoms with Crippen LogP contribution in [-0.4, -0.2) is 110 Å². The van der Waals surface area contributed by atoms with Crippen molar-refractivity contribution in [1.82, 2.24) is 49.3 Å². The van der Waals surface area contributed by atoms with E-state index in [2.05, 4.69) is 58.8 Å². The van der Waals surface area contributed by atoms with Crippen LogP contribution in [-0.2, 0) is 20.4 Å². The summed E-state index contributed by atoms with van der Waals surface area (Å²) in [6.45, 7) is 4.78. The predicted molar refractivity (Wildman–Crippen MR) is 251 cm³/mol. The Hall–Kier alpha value is -5.89. The van der Waals surface area contributed by atoms with Gasteiger partial charge in [0.1, 0.15) is 39.1 Å². The summed E-state index contributed by atoms with van der Waals surface area (Å²) in [6, 6.07) is 14.0. The topological polar surface area (TPSA) is 266 Å². The van der Waals surface area contributed by atoms with Gasteiger partial charge in [0.2, 0.25) is 11.8 Å². The Morgan fingerprint density at radius 1 is 0.561 bits per heavy atom. The van der Waals surface area contributed by atoms with Crippen LogP contribution in [0.5, 0.6) is 29.5 Å². The molecule has 2 aromatic carbocycles. The zero-order chi connectivity index (χ0) is 47.4. The molecule has 0 saturated heterocycles. The Morgan fingerprint density at radius 2 is 0.955 bits per heavy atom. The Labute approximate surface area is 396 Å². The summed E-state index contributed by atoms with van der Waals surface area (Å²) in [5, 5.41) is 1.06. The number of halogens is 2. The third kappa shape index (κ3) is 16.2. The molecule has 0 bridgehead atoms. The fraction of sp³-hybridized carbons (Fsp3) is 0.300. The first-order valence-electron chi connectivity index (χ1n) is 19.8. The molecule has 0 aliphatic rings. The predicted octanol–water partition coefficient (Wildman–Crippen LogP) is 6.13. The van der Waals surface area contributed by atoms with Gasteiger partial charge in [0.25, 0.3) is 20.4 Å². The number of rotatable bonds is 24. The van der Waals surface area contributed by atoms with Gasteiger partial charge in [0.05, 0.1) is 30.6 Å². The van der Waals surface area contributed by atoms with Crippen LogP contribution in [0.25, 0.3) is 22.3 Å². The number of nitrogens with zero attached hydrogens (tertiary/aromatic N) is 8. The number of hydrogen-bond acceptors (Lipinski definition) is 18. The molecule has 0 fully saturated rings. The Balaban J connectivity index is 0.000000247. The van der Waals surface area contributed by atoms with E-state index < -0.39 is 20.4 Å². The van der Waals surface area contributed by atoms with Crippen molar-refractivity contribution in [3.8, 4) is 51.8 Å². The van der Waals surface area contributed by atoms with Gasteiger partial charge in [-0.3, -0.25) is 9.44 Å². The molecule has 0 unspecified atom stereocenters. The normalized spacial score (nSPS) is 11.2. The van der Waals surface area contributed by atoms with Gasteiger partial charge >= 0.3 is 12.0 Å². The van der Waals surface area contributed by atoms with Crippen LogP contribution < -0.4 is 42.6 Å². The summed E-state index contributed by atoms with van der Waals surface area (Å²) in [5.41, 5.74) is 1.97. The van der Waals surface area contributed by atoms with Gasteiger partial charge in [-0.25, -0.2) is 29.9 Å². The monoisotopic (exact) mass is 1000 g/mol. The standard InChI is InChI=1S/C20H23ClN6O5S.C20H23ClN6O4S2/c1-3-8-26-33(28,29)27-18-17(14-4-6-15(21)7-5-14)19(25-13-24-18)31-9-10-32-20-22-11-16(30-2)12-23-20;1-3-8-26-33(28,29)27-18-17(14-4-6-15(21)7-5-14)19(25-13-24-18)30-9-10-31-20-22-11-16(32-2)12-23-20/h2*4-7,11-13,26H,3,8-10H2,1-2H3,(H,24,25,27). The highest BCUT2D eigenvalue weighted by atomic mass is 35.5. The summed E-state index contributed by atoms with van der Waals surface area (Å²) < 4.78 is 86.9. The minimum absolute atomic E-state index is 0.0605. The van der Waals surface area contributed by atoms with E-state index in [1.54, 1.807) is 60.9 Å². The van der Waals surface area contributed by atoms with E-state index in [0.717, 1.165) is 4.90 Å². The Bertz CT molecular complexity index is 2480. The SMILES string of the molecule is CCCNS(=O)(=O)Nc1ncnc(OCCOc2ncc(OC)cn2)c1-c1ccc(Cl)cc1.CCCNS(=O)(=O)Nc1ncnc(OCCOc2ncc(SC)cn2)c1-c1ccc(Cl)cc1. The van der Waals surface area contributed by atoms with E-state index in [1.807, 2.05) is 20.1 Å². The molecule has 66 heavy (non-hydrogen) atoms. The molecule has 0 atom stereocenters. The van der Waals surface area contributed by atoms with Gasteiger partial charge in [0, 0.05) is 40.4 Å². The Kier molecular flexibility index (Phi) is 19.9. The van der Waals surface area contributed by atoms with Gasteiger partial charge < -0.3 is 23.7 Å². The van der Waals surface area contributed by atoms with E-state index in [-0.39, 0.29) is 74.9 Å². The van der Waals surface area contributed by atoms with Crippen LogP contribution in [0.3, 0.4) is 0 Å². The highest BCUT2D eigenvalue weighted by Gasteiger charge is 2.21. The molecule has 0 saturated carbocycles. The smallest absolute Gasteiger partial charge is 0.316 e. The van der Waals surface area contributed by atoms with E-state index in [4.69, 9.17) is 46.9 Å². The minimum atomic E-state index is -3.84. The number of aromatic nitrogens is 8. The Morgan fingerprint density at radius 3 is 1.33 bits per heavy atom. The molecule has 352 valence electrons. The van der Waals surface area contributed by atoms with Crippen LogP contribution in [0.2, 0.25) is 10.0 Å². The lowest BCUT2D eigenvalue weighted by molar-refractivity contribution is 0.201. The van der Waals surface area contributed by atoms with Gasteiger partial charge in [-0.15, -0.1) is 11.8 Å². The van der Waals surface area contributed by atoms with Gasteiger partial charge in [-0.2, -0.15) is 36.2 Å². The molecule has 4 heterocycles. The first-order valence-corrected chi connectivity index (χ1v) is 24.8. The molecular weight excluding hydrogens is 960 g/mol. The summed E-state index contributed by atoms with van der Waals surface area (Å²) in [7, 11) is -6.16. The van der Waals surface area contributed by atoms with Crippen molar-refractivity contribution in [3.63, 3.8) is 0 Å². The highest BCUT2D eigenvalue weighted by Crippen LogP contribution is 2.36. The number of methoxy groups -OCH3 is 1. The average Bonchev–Trinajstić information content (AvgIpc) is 3.32. The number of thioether (sulfide) groups is 1. The zero-order valence-corrected chi connectivity index (χ0v) is 39.9. The van der Waals surface area contributed by atoms with Crippen molar-refractivity contribution < 1.29 is 40.5 Å². The number of hydrogen-bond donors (Lipinski definition) is 4. The molecule has 4 aromatic heterocycles. The maximum Gasteiger partial charge on any atom is 0.316 e. The van der Waals surface area contributed by atoms with E-state index in [9.17, 15) is 16.8 Å². The minimum Gasteiger partial charge on any atom is -0.494 e. The van der Waals surface area contributed by atoms with Crippen LogP contribution >= 0.6 is 35.0 Å². The molecule has 0 radical (unpaired) electrons. The third-order valence-corrected chi connectivity index (χ3v) is 11.5. The highest BCUT2D eigenvalue weighted by molar-refractivity contribution is 7.98. The van der Waals surface area contributed by atoms with E-state index in [1.165, 1.54) is 43.9 Å². The third-order valence-electron chi connectivity index (χ3n) is 8.22. The van der Waals surface area contributed by atoms with Crippen molar-refractivity contribution in [2.45, 2.75) is 31.6 Å². The number of benzene rings is 2. The van der Waals surface area contributed by atoms with E-state index >= 15 is 0 Å². The fourth-order valence-electron chi connectivity index (χ4n) is 5.18.